The fourth-order valence-corrected chi connectivity index (χ4v) is 1.88. The van der Waals surface area contributed by atoms with Crippen molar-refractivity contribution in [2.24, 2.45) is 0 Å². The fourth-order valence-electron chi connectivity index (χ4n) is 1.29. The first-order chi connectivity index (χ1) is 9.35. The maximum Gasteiger partial charge on any atom is 0.323 e. The predicted octanol–water partition coefficient (Wildman–Crippen LogP) is 3.20. The van der Waals surface area contributed by atoms with E-state index in [1.807, 2.05) is 0 Å². The lowest BCUT2D eigenvalue weighted by Crippen LogP contribution is -2.39. The second-order valence-corrected chi connectivity index (χ2v) is 4.85. The minimum atomic E-state index is -1.18. The number of benzene rings is 1. The maximum absolute atomic E-state index is 11.9. The number of urea groups is 1. The van der Waals surface area contributed by atoms with Gasteiger partial charge in [-0.25, -0.2) is 4.79 Å². The van der Waals surface area contributed by atoms with E-state index in [4.69, 9.17) is 46.3 Å². The van der Waals surface area contributed by atoms with Gasteiger partial charge in [-0.3, -0.25) is 4.79 Å². The summed E-state index contributed by atoms with van der Waals surface area (Å²) in [5, 5.41) is 11.7. The van der Waals surface area contributed by atoms with Crippen LogP contribution in [0.2, 0.25) is 15.1 Å². The van der Waals surface area contributed by atoms with Crippen LogP contribution in [0.25, 0.3) is 0 Å². The molecule has 8 heteroatoms. The quantitative estimate of drug-likeness (QED) is 0.656. The molecule has 0 atom stereocenters. The van der Waals surface area contributed by atoms with Crippen LogP contribution in [-0.4, -0.2) is 35.1 Å². The molecule has 1 aromatic carbocycles. The summed E-state index contributed by atoms with van der Waals surface area (Å²) in [6, 6.07) is 2.02. The molecule has 0 fully saturated rings. The summed E-state index contributed by atoms with van der Waals surface area (Å²) in [5.74, 6) is 1.01. The summed E-state index contributed by atoms with van der Waals surface area (Å²) in [6.07, 6.45) is 5.08. The Kier molecular flexibility index (Phi) is 5.96. The van der Waals surface area contributed by atoms with Crippen LogP contribution in [0.3, 0.4) is 0 Å². The zero-order chi connectivity index (χ0) is 15.3. The molecule has 0 aromatic heterocycles. The Hall–Kier alpha value is -1.61. The van der Waals surface area contributed by atoms with Gasteiger partial charge in [0, 0.05) is 0 Å². The Morgan fingerprint density at radius 2 is 1.85 bits per heavy atom. The minimum Gasteiger partial charge on any atom is -0.480 e. The maximum atomic E-state index is 11.9. The number of hydrogen-bond acceptors (Lipinski definition) is 2. The zero-order valence-corrected chi connectivity index (χ0v) is 12.3. The van der Waals surface area contributed by atoms with Gasteiger partial charge >= 0.3 is 12.0 Å². The Balaban J connectivity index is 2.91. The molecule has 0 aliphatic carbocycles. The summed E-state index contributed by atoms with van der Waals surface area (Å²) < 4.78 is 0. The van der Waals surface area contributed by atoms with E-state index >= 15 is 0 Å². The first-order valence-corrected chi connectivity index (χ1v) is 6.34. The average molecular weight is 336 g/mol. The molecule has 0 unspecified atom stereocenters. The number of aliphatic carboxylic acids is 1. The molecule has 0 radical (unpaired) electrons. The highest BCUT2D eigenvalue weighted by molar-refractivity contribution is 6.44. The van der Waals surface area contributed by atoms with Crippen molar-refractivity contribution in [3.63, 3.8) is 0 Å². The summed E-state index contributed by atoms with van der Waals surface area (Å²) in [5.41, 5.74) is 0.207. The molecular formula is C12H9Cl3N2O3. The van der Waals surface area contributed by atoms with Crippen molar-refractivity contribution in [1.82, 2.24) is 4.90 Å². The van der Waals surface area contributed by atoms with Crippen molar-refractivity contribution >= 4 is 52.5 Å². The van der Waals surface area contributed by atoms with Gasteiger partial charge in [0.15, 0.2) is 0 Å². The van der Waals surface area contributed by atoms with E-state index in [2.05, 4.69) is 11.2 Å². The molecule has 0 bridgehead atoms. The largest absolute Gasteiger partial charge is 0.480 e. The number of terminal acetylenes is 1. The van der Waals surface area contributed by atoms with Gasteiger partial charge in [-0.15, -0.1) is 6.42 Å². The second kappa shape index (κ2) is 7.25. The van der Waals surface area contributed by atoms with E-state index in [1.165, 1.54) is 12.1 Å². The number of anilines is 1. The molecule has 0 spiro atoms. The van der Waals surface area contributed by atoms with Crippen LogP contribution >= 0.6 is 34.8 Å². The SMILES string of the molecule is C#CCN(CC(=O)O)C(=O)Nc1cc(Cl)c(Cl)cc1Cl. The van der Waals surface area contributed by atoms with Gasteiger partial charge in [-0.1, -0.05) is 40.7 Å². The standard InChI is InChI=1S/C12H9Cl3N2O3/c1-2-3-17(6-11(18)19)12(20)16-10-5-8(14)7(13)4-9(10)15/h1,4-5H,3,6H2,(H,16,20)(H,18,19). The first kappa shape index (κ1) is 16.4. The van der Waals surface area contributed by atoms with Crippen LogP contribution in [0.1, 0.15) is 0 Å². The predicted molar refractivity (Wildman–Crippen MR) is 78.5 cm³/mol. The van der Waals surface area contributed by atoms with E-state index in [9.17, 15) is 9.59 Å². The topological polar surface area (TPSA) is 69.6 Å². The van der Waals surface area contributed by atoms with Crippen molar-refractivity contribution in [2.75, 3.05) is 18.4 Å². The van der Waals surface area contributed by atoms with E-state index in [0.717, 1.165) is 4.90 Å². The molecule has 20 heavy (non-hydrogen) atoms. The van der Waals surface area contributed by atoms with Crippen LogP contribution < -0.4 is 5.32 Å². The van der Waals surface area contributed by atoms with E-state index < -0.39 is 18.5 Å². The number of halogens is 3. The number of nitrogens with zero attached hydrogens (tertiary/aromatic N) is 1. The monoisotopic (exact) mass is 334 g/mol. The Bertz CT molecular complexity index is 584. The van der Waals surface area contributed by atoms with E-state index in [0.29, 0.717) is 0 Å². The molecule has 1 aromatic rings. The third-order valence-corrected chi connectivity index (χ3v) is 3.18. The van der Waals surface area contributed by atoms with Gasteiger partial charge < -0.3 is 15.3 Å². The first-order valence-electron chi connectivity index (χ1n) is 5.21. The Morgan fingerprint density at radius 1 is 1.25 bits per heavy atom. The molecule has 0 saturated carbocycles. The number of amides is 2. The van der Waals surface area contributed by atoms with Crippen LogP contribution in [0, 0.1) is 12.3 Å². The number of carboxylic acids is 1. The highest BCUT2D eigenvalue weighted by Crippen LogP contribution is 2.32. The third-order valence-electron chi connectivity index (χ3n) is 2.15. The molecule has 0 aliphatic heterocycles. The summed E-state index contributed by atoms with van der Waals surface area (Å²) in [6.45, 7) is -0.688. The van der Waals surface area contributed by atoms with Crippen LogP contribution in [0.4, 0.5) is 10.5 Å². The molecule has 5 nitrogen and oxygen atoms in total. The average Bonchev–Trinajstić information content (AvgIpc) is 2.34. The lowest BCUT2D eigenvalue weighted by atomic mass is 10.3. The highest BCUT2D eigenvalue weighted by atomic mass is 35.5. The van der Waals surface area contributed by atoms with Crippen LogP contribution in [-0.2, 0) is 4.79 Å². The number of nitrogens with one attached hydrogen (secondary N) is 1. The molecule has 0 saturated heterocycles. The van der Waals surface area contributed by atoms with Gasteiger partial charge in [0.25, 0.3) is 0 Å². The van der Waals surface area contributed by atoms with Crippen molar-refractivity contribution < 1.29 is 14.7 Å². The fraction of sp³-hybridized carbons (Fsp3) is 0.167. The van der Waals surface area contributed by atoms with Crippen molar-refractivity contribution in [3.8, 4) is 12.3 Å². The molecule has 1 rings (SSSR count). The normalized spacial score (nSPS) is 9.70. The van der Waals surface area contributed by atoms with E-state index in [-0.39, 0.29) is 27.3 Å². The van der Waals surface area contributed by atoms with E-state index in [1.54, 1.807) is 0 Å². The lowest BCUT2D eigenvalue weighted by Gasteiger charge is -2.19. The van der Waals surface area contributed by atoms with Gasteiger partial charge in [-0.2, -0.15) is 0 Å². The molecular weight excluding hydrogens is 327 g/mol. The summed E-state index contributed by atoms with van der Waals surface area (Å²) in [4.78, 5) is 23.5. The van der Waals surface area contributed by atoms with Crippen molar-refractivity contribution in [2.45, 2.75) is 0 Å². The van der Waals surface area contributed by atoms with Gasteiger partial charge in [-0.05, 0) is 12.1 Å². The molecule has 0 heterocycles. The lowest BCUT2D eigenvalue weighted by molar-refractivity contribution is -0.137. The minimum absolute atomic E-state index is 0.156. The summed E-state index contributed by atoms with van der Waals surface area (Å²) in [7, 11) is 0. The molecule has 106 valence electrons. The molecule has 0 aliphatic rings. The summed E-state index contributed by atoms with van der Waals surface area (Å²) >= 11 is 17.5. The zero-order valence-electron chi connectivity index (χ0n) is 9.99. The van der Waals surface area contributed by atoms with Gasteiger partial charge in [0.1, 0.15) is 6.54 Å². The Morgan fingerprint density at radius 3 is 2.40 bits per heavy atom. The number of carbonyl (C=O) groups excluding carboxylic acids is 1. The smallest absolute Gasteiger partial charge is 0.323 e. The molecule has 2 amide bonds. The van der Waals surface area contributed by atoms with Crippen LogP contribution in [0.5, 0.6) is 0 Å². The third kappa shape index (κ3) is 4.49. The number of rotatable bonds is 4. The second-order valence-electron chi connectivity index (χ2n) is 3.63. The van der Waals surface area contributed by atoms with Gasteiger partial charge in [0.2, 0.25) is 0 Å². The van der Waals surface area contributed by atoms with Crippen molar-refractivity contribution in [3.05, 3.63) is 27.2 Å². The number of carboxylic acid groups (broad SMARTS) is 1. The highest BCUT2D eigenvalue weighted by Gasteiger charge is 2.17. The van der Waals surface area contributed by atoms with Gasteiger partial charge in [0.05, 0.1) is 27.3 Å². The van der Waals surface area contributed by atoms with Crippen molar-refractivity contribution in [1.29, 1.82) is 0 Å². The number of carbonyl (C=O) groups is 2. The number of hydrogen-bond donors (Lipinski definition) is 2. The van der Waals surface area contributed by atoms with Crippen LogP contribution in [0.15, 0.2) is 12.1 Å². The molecule has 2 N–H and O–H groups in total. The Labute approximate surface area is 130 Å².